The number of esters is 2. The number of rotatable bonds is 9. The monoisotopic (exact) mass is 640 g/mol. The van der Waals surface area contributed by atoms with Gasteiger partial charge in [-0.1, -0.05) is 25.1 Å². The molecule has 2 atom stereocenters. The number of thiophene rings is 1. The molecule has 2 aliphatic rings. The first-order chi connectivity index (χ1) is 21.0. The van der Waals surface area contributed by atoms with Gasteiger partial charge in [-0.05, 0) is 87.3 Å². The number of sulfonamides is 1. The molecule has 1 aliphatic heterocycles. The number of para-hydroxylation sites is 1. The van der Waals surface area contributed by atoms with Crippen molar-refractivity contribution in [1.29, 1.82) is 0 Å². The van der Waals surface area contributed by atoms with Gasteiger partial charge in [-0.15, -0.1) is 11.3 Å². The van der Waals surface area contributed by atoms with E-state index in [2.05, 4.69) is 12.2 Å². The minimum absolute atomic E-state index is 0.0536. The topological polar surface area (TPSA) is 128 Å². The second-order valence-corrected chi connectivity index (χ2v) is 13.9. The van der Waals surface area contributed by atoms with E-state index in [0.717, 1.165) is 35.3 Å². The van der Waals surface area contributed by atoms with Crippen molar-refractivity contribution in [2.24, 2.45) is 5.92 Å². The van der Waals surface area contributed by atoms with E-state index in [0.29, 0.717) is 35.0 Å². The van der Waals surface area contributed by atoms with E-state index in [1.807, 2.05) is 12.1 Å². The van der Waals surface area contributed by atoms with Crippen molar-refractivity contribution >= 4 is 49.9 Å². The van der Waals surface area contributed by atoms with Crippen LogP contribution in [0.4, 0.5) is 10.7 Å². The summed E-state index contributed by atoms with van der Waals surface area (Å²) in [5.41, 5.74) is 2.71. The molecule has 5 rings (SSSR count). The lowest BCUT2D eigenvalue weighted by Gasteiger charge is -2.31. The zero-order valence-corrected chi connectivity index (χ0v) is 26.8. The molecule has 10 nitrogen and oxygen atoms in total. The van der Waals surface area contributed by atoms with Crippen LogP contribution in [0.25, 0.3) is 0 Å². The maximum Gasteiger partial charge on any atom is 0.341 e. The van der Waals surface area contributed by atoms with Crippen molar-refractivity contribution in [2.75, 3.05) is 29.9 Å². The lowest BCUT2D eigenvalue weighted by atomic mass is 9.88. The first kappa shape index (κ1) is 31.5. The third kappa shape index (κ3) is 6.18. The summed E-state index contributed by atoms with van der Waals surface area (Å²) in [6.07, 6.45) is 2.62. The molecule has 0 saturated heterocycles. The van der Waals surface area contributed by atoms with E-state index < -0.39 is 34.0 Å². The molecule has 2 aromatic carbocycles. The van der Waals surface area contributed by atoms with Gasteiger partial charge in [-0.25, -0.2) is 18.0 Å². The van der Waals surface area contributed by atoms with Crippen molar-refractivity contribution in [3.05, 3.63) is 69.6 Å². The number of nitrogens with one attached hydrogen (secondary N) is 1. The van der Waals surface area contributed by atoms with Crippen LogP contribution in [-0.4, -0.2) is 52.6 Å². The fraction of sp³-hybridized carbons (Fsp3) is 0.406. The Hall–Kier alpha value is -3.90. The molecule has 0 fully saturated rings. The molecule has 1 N–H and O–H groups in total. The van der Waals surface area contributed by atoms with Crippen molar-refractivity contribution in [1.82, 2.24) is 0 Å². The molecule has 12 heteroatoms. The maximum atomic E-state index is 13.9. The minimum atomic E-state index is -4.10. The van der Waals surface area contributed by atoms with E-state index in [-0.39, 0.29) is 29.4 Å². The van der Waals surface area contributed by atoms with Crippen LogP contribution in [0.2, 0.25) is 0 Å². The van der Waals surface area contributed by atoms with Crippen molar-refractivity contribution in [3.63, 3.8) is 0 Å². The van der Waals surface area contributed by atoms with Gasteiger partial charge in [0.1, 0.15) is 15.6 Å². The lowest BCUT2D eigenvalue weighted by Crippen LogP contribution is -2.35. The Bertz CT molecular complexity index is 1700. The molecular formula is C32H36N2O8S2. The quantitative estimate of drug-likeness (QED) is 0.309. The molecule has 234 valence electrons. The predicted molar refractivity (Wildman–Crippen MR) is 167 cm³/mol. The SMILES string of the molecule is CCOC(=O)c1c(NC(=O)[C@H](C)OC(=O)c2ccc(OC)c(S(=O)(=O)N3CCCc4ccccc43)c2)sc2c1CC[C@@H](C)C2. The molecule has 2 heterocycles. The molecule has 1 aliphatic carbocycles. The van der Waals surface area contributed by atoms with E-state index in [1.54, 1.807) is 19.1 Å². The average Bonchev–Trinajstić information content (AvgIpc) is 3.37. The smallest absolute Gasteiger partial charge is 0.341 e. The zero-order chi connectivity index (χ0) is 31.6. The second-order valence-electron chi connectivity index (χ2n) is 11.0. The number of carbonyl (C=O) groups is 3. The summed E-state index contributed by atoms with van der Waals surface area (Å²) in [6.45, 7) is 5.77. The lowest BCUT2D eigenvalue weighted by molar-refractivity contribution is -0.123. The molecule has 0 spiro atoms. The molecule has 0 radical (unpaired) electrons. The molecule has 1 amide bonds. The molecule has 0 bridgehead atoms. The van der Waals surface area contributed by atoms with E-state index in [9.17, 15) is 22.8 Å². The van der Waals surface area contributed by atoms with Gasteiger partial charge in [0.2, 0.25) is 0 Å². The van der Waals surface area contributed by atoms with Gasteiger partial charge in [0.05, 0.1) is 30.5 Å². The van der Waals surface area contributed by atoms with Crippen LogP contribution >= 0.6 is 11.3 Å². The Kier molecular flexibility index (Phi) is 9.31. The number of nitrogens with zero attached hydrogens (tertiary/aromatic N) is 1. The summed E-state index contributed by atoms with van der Waals surface area (Å²) in [5.74, 6) is -1.46. The van der Waals surface area contributed by atoms with Gasteiger partial charge < -0.3 is 19.5 Å². The van der Waals surface area contributed by atoms with Gasteiger partial charge >= 0.3 is 11.9 Å². The molecule has 0 saturated carbocycles. The van der Waals surface area contributed by atoms with Crippen LogP contribution in [-0.2, 0) is 43.6 Å². The van der Waals surface area contributed by atoms with Crippen LogP contribution < -0.4 is 14.4 Å². The number of methoxy groups -OCH3 is 1. The Balaban J connectivity index is 1.36. The Morgan fingerprint density at radius 2 is 1.89 bits per heavy atom. The number of anilines is 2. The molecule has 0 unspecified atom stereocenters. The highest BCUT2D eigenvalue weighted by molar-refractivity contribution is 7.93. The largest absolute Gasteiger partial charge is 0.495 e. The number of carbonyl (C=O) groups excluding carboxylic acids is 3. The summed E-state index contributed by atoms with van der Waals surface area (Å²) in [6, 6.07) is 11.3. The Labute approximate surface area is 261 Å². The normalized spacial score (nSPS) is 16.7. The Morgan fingerprint density at radius 1 is 1.11 bits per heavy atom. The molecule has 1 aromatic heterocycles. The number of hydrogen-bond acceptors (Lipinski definition) is 9. The van der Waals surface area contributed by atoms with Crippen LogP contribution in [0.1, 0.15) is 70.3 Å². The molecule has 3 aromatic rings. The van der Waals surface area contributed by atoms with Gasteiger partial charge in [-0.3, -0.25) is 9.10 Å². The first-order valence-corrected chi connectivity index (χ1v) is 16.9. The van der Waals surface area contributed by atoms with Crippen molar-refractivity contribution in [3.8, 4) is 5.75 Å². The first-order valence-electron chi connectivity index (χ1n) is 14.7. The highest BCUT2D eigenvalue weighted by Crippen LogP contribution is 2.40. The second kappa shape index (κ2) is 13.0. The maximum absolute atomic E-state index is 13.9. The Morgan fingerprint density at radius 3 is 2.64 bits per heavy atom. The third-order valence-electron chi connectivity index (χ3n) is 7.92. The van der Waals surface area contributed by atoms with Gasteiger partial charge in [-0.2, -0.15) is 0 Å². The predicted octanol–water partition coefficient (Wildman–Crippen LogP) is 5.38. The summed E-state index contributed by atoms with van der Waals surface area (Å²) >= 11 is 1.34. The third-order valence-corrected chi connectivity index (χ3v) is 10.9. The minimum Gasteiger partial charge on any atom is -0.495 e. The zero-order valence-electron chi connectivity index (χ0n) is 25.2. The summed E-state index contributed by atoms with van der Waals surface area (Å²) in [7, 11) is -2.75. The van der Waals surface area contributed by atoms with Crippen LogP contribution in [0.5, 0.6) is 5.75 Å². The van der Waals surface area contributed by atoms with Gasteiger partial charge in [0.15, 0.2) is 6.10 Å². The number of amides is 1. The van der Waals surface area contributed by atoms with Gasteiger partial charge in [0.25, 0.3) is 15.9 Å². The number of hydrogen-bond donors (Lipinski definition) is 1. The van der Waals surface area contributed by atoms with Crippen LogP contribution in [0.15, 0.2) is 47.4 Å². The van der Waals surface area contributed by atoms with E-state index in [1.165, 1.54) is 47.9 Å². The summed E-state index contributed by atoms with van der Waals surface area (Å²) < 4.78 is 45.2. The number of ether oxygens (including phenoxy) is 3. The highest BCUT2D eigenvalue weighted by atomic mass is 32.2. The average molecular weight is 641 g/mol. The van der Waals surface area contributed by atoms with E-state index >= 15 is 0 Å². The number of fused-ring (bicyclic) bond motifs is 2. The van der Waals surface area contributed by atoms with Crippen molar-refractivity contribution in [2.45, 2.75) is 63.9 Å². The highest BCUT2D eigenvalue weighted by Gasteiger charge is 2.33. The fourth-order valence-corrected chi connectivity index (χ4v) is 8.75. The molecule has 44 heavy (non-hydrogen) atoms. The van der Waals surface area contributed by atoms with Crippen molar-refractivity contribution < 1.29 is 37.0 Å². The summed E-state index contributed by atoms with van der Waals surface area (Å²) in [4.78, 5) is 40.1. The molecular weight excluding hydrogens is 604 g/mol. The fourth-order valence-electron chi connectivity index (χ4n) is 5.63. The summed E-state index contributed by atoms with van der Waals surface area (Å²) in [5, 5.41) is 3.13. The standard InChI is InChI=1S/C32H36N2O8S2/c1-5-41-32(37)28-23-14-12-19(2)17-26(23)43-30(28)33-29(35)20(3)42-31(36)22-13-15-25(40-4)27(18-22)44(38,39)34-16-8-10-21-9-6-7-11-24(21)34/h6-7,9,11,13,15,18-20H,5,8,10,12,14,16-17H2,1-4H3,(H,33,35)/t19-,20+/m1/s1. The number of aryl methyl sites for hydroxylation is 1. The number of benzene rings is 2. The van der Waals surface area contributed by atoms with Crippen LogP contribution in [0.3, 0.4) is 0 Å². The van der Waals surface area contributed by atoms with Crippen LogP contribution in [0, 0.1) is 5.92 Å². The van der Waals surface area contributed by atoms with Gasteiger partial charge in [0, 0.05) is 11.4 Å². The van der Waals surface area contributed by atoms with E-state index in [4.69, 9.17) is 14.2 Å².